The van der Waals surface area contributed by atoms with Crippen LogP contribution < -0.4 is 0 Å². The van der Waals surface area contributed by atoms with Gasteiger partial charge in [-0.1, -0.05) is 56.2 Å². The van der Waals surface area contributed by atoms with Crippen molar-refractivity contribution < 1.29 is 9.90 Å². The number of rotatable bonds is 7. The molecule has 4 nitrogen and oxygen atoms in total. The zero-order chi connectivity index (χ0) is 26.8. The Morgan fingerprint density at radius 1 is 1.03 bits per heavy atom. The van der Waals surface area contributed by atoms with Gasteiger partial charge in [-0.25, -0.2) is 4.79 Å². The molecule has 6 heteroatoms. The predicted octanol–water partition coefficient (Wildman–Crippen LogP) is 8.72. The number of hydrogen-bond acceptors (Lipinski definition) is 5. The molecule has 0 radical (unpaired) electrons. The maximum Gasteiger partial charge on any atom is 0.346 e. The summed E-state index contributed by atoms with van der Waals surface area (Å²) in [7, 11) is 0. The second-order valence-electron chi connectivity index (χ2n) is 11.0. The van der Waals surface area contributed by atoms with E-state index in [9.17, 15) is 9.90 Å². The van der Waals surface area contributed by atoms with E-state index in [2.05, 4.69) is 64.7 Å². The van der Waals surface area contributed by atoms with Gasteiger partial charge in [0.1, 0.15) is 4.88 Å². The summed E-state index contributed by atoms with van der Waals surface area (Å²) in [4.78, 5) is 22.3. The van der Waals surface area contributed by atoms with Gasteiger partial charge in [0.2, 0.25) is 0 Å². The van der Waals surface area contributed by atoms with Crippen molar-refractivity contribution in [2.75, 3.05) is 13.1 Å². The van der Waals surface area contributed by atoms with E-state index in [-0.39, 0.29) is 0 Å². The van der Waals surface area contributed by atoms with Crippen molar-refractivity contribution >= 4 is 34.2 Å². The summed E-state index contributed by atoms with van der Waals surface area (Å²) in [6.07, 6.45) is 7.71. The lowest BCUT2D eigenvalue weighted by atomic mass is 9.75. The Balaban J connectivity index is 1.34. The molecule has 0 atom stereocenters. The Labute approximate surface area is 238 Å². The number of aromatic nitrogens is 1. The molecule has 1 saturated carbocycles. The topological polar surface area (TPSA) is 53.4 Å². The first kappa shape index (κ1) is 26.2. The average Bonchev–Trinajstić information content (AvgIpc) is 3.66. The van der Waals surface area contributed by atoms with Crippen molar-refractivity contribution in [2.24, 2.45) is 11.8 Å². The molecule has 3 aromatic heterocycles. The first-order valence-corrected chi connectivity index (χ1v) is 15.6. The third-order valence-corrected chi connectivity index (χ3v) is 10.3. The molecule has 39 heavy (non-hydrogen) atoms. The molecule has 6 rings (SSSR count). The number of aromatic carboxylic acids is 1. The van der Waals surface area contributed by atoms with E-state index in [0.29, 0.717) is 10.8 Å². The van der Waals surface area contributed by atoms with E-state index in [4.69, 9.17) is 0 Å². The first-order valence-electron chi connectivity index (χ1n) is 13.9. The van der Waals surface area contributed by atoms with E-state index in [0.717, 1.165) is 53.7 Å². The van der Waals surface area contributed by atoms with Crippen molar-refractivity contribution in [3.8, 4) is 21.0 Å². The summed E-state index contributed by atoms with van der Waals surface area (Å²) in [5.41, 5.74) is 7.11. The summed E-state index contributed by atoms with van der Waals surface area (Å²) in [6, 6.07) is 20.9. The number of hydrogen-bond donors (Lipinski definition) is 1. The van der Waals surface area contributed by atoms with Gasteiger partial charge in [0, 0.05) is 36.3 Å². The number of thiophene rings is 2. The summed E-state index contributed by atoms with van der Waals surface area (Å²) in [5, 5.41) is 12.3. The summed E-state index contributed by atoms with van der Waals surface area (Å²) < 4.78 is 0. The van der Waals surface area contributed by atoms with Gasteiger partial charge in [-0.15, -0.1) is 22.7 Å². The number of nitrogens with zero attached hydrogens (tertiary/aromatic N) is 2. The lowest BCUT2D eigenvalue weighted by molar-refractivity contribution is 0.0702. The Kier molecular flexibility index (Phi) is 7.78. The van der Waals surface area contributed by atoms with Crippen LogP contribution >= 0.6 is 22.7 Å². The largest absolute Gasteiger partial charge is 0.477 e. The van der Waals surface area contributed by atoms with Gasteiger partial charge in [-0.05, 0) is 83.0 Å². The van der Waals surface area contributed by atoms with Crippen molar-refractivity contribution in [1.82, 2.24) is 9.88 Å². The van der Waals surface area contributed by atoms with Crippen molar-refractivity contribution in [2.45, 2.75) is 45.6 Å². The van der Waals surface area contributed by atoms with Crippen LogP contribution in [-0.2, 0) is 6.54 Å². The third kappa shape index (κ3) is 5.79. The highest BCUT2D eigenvalue weighted by Gasteiger charge is 2.31. The van der Waals surface area contributed by atoms with Crippen LogP contribution in [0, 0.1) is 11.8 Å². The first-order chi connectivity index (χ1) is 19.0. The second-order valence-corrected chi connectivity index (χ2v) is 13.0. The number of benzene rings is 1. The van der Waals surface area contributed by atoms with Gasteiger partial charge in [0.25, 0.3) is 0 Å². The highest BCUT2D eigenvalue weighted by atomic mass is 32.1. The highest BCUT2D eigenvalue weighted by molar-refractivity contribution is 7.17. The molecule has 1 aromatic carbocycles. The minimum absolute atomic E-state index is 0.480. The highest BCUT2D eigenvalue weighted by Crippen LogP contribution is 2.43. The summed E-state index contributed by atoms with van der Waals surface area (Å²) in [5.74, 6) is 0.486. The van der Waals surface area contributed by atoms with E-state index in [1.54, 1.807) is 11.3 Å². The Morgan fingerprint density at radius 3 is 2.59 bits per heavy atom. The summed E-state index contributed by atoms with van der Waals surface area (Å²) in [6.45, 7) is 5.07. The normalized spacial score (nSPS) is 20.3. The molecular weight excluding hydrogens is 521 g/mol. The molecule has 0 unspecified atom stereocenters. The minimum Gasteiger partial charge on any atom is -0.477 e. The van der Waals surface area contributed by atoms with Crippen molar-refractivity contribution in [3.05, 3.63) is 93.8 Å². The van der Waals surface area contributed by atoms with Gasteiger partial charge in [-0.3, -0.25) is 9.88 Å². The van der Waals surface area contributed by atoms with Crippen LogP contribution in [0.2, 0.25) is 0 Å². The molecule has 1 fully saturated rings. The number of carboxylic acids is 1. The lowest BCUT2D eigenvalue weighted by Gasteiger charge is -2.37. The molecule has 1 N–H and O–H groups in total. The molecule has 4 heterocycles. The van der Waals surface area contributed by atoms with Gasteiger partial charge in [0.15, 0.2) is 0 Å². The molecule has 0 bridgehead atoms. The van der Waals surface area contributed by atoms with E-state index < -0.39 is 5.97 Å². The van der Waals surface area contributed by atoms with Crippen LogP contribution in [0.25, 0.3) is 26.6 Å². The standard InChI is InChI=1S/C33H34N2O2S2/c1-22-9-11-24(12-10-22)28-21-35(20-23-13-15-34-29(18-23)30-8-5-17-38-30)16-14-26(28)27-19-31(39-32(27)33(36)37)25-6-3-2-4-7-25/h2-8,13,15,17-19,22,24H,9-12,14,16,20-21H2,1H3,(H,36,37). The Hall–Kier alpha value is -3.06. The fourth-order valence-electron chi connectivity index (χ4n) is 6.18. The van der Waals surface area contributed by atoms with Gasteiger partial charge in [0.05, 0.1) is 10.6 Å². The SMILES string of the molecule is CC1CCC(C2=C(c3cc(-c4ccccc4)sc3C(=O)O)CCN(Cc3ccnc(-c4cccs4)c3)C2)CC1. The zero-order valence-electron chi connectivity index (χ0n) is 22.3. The van der Waals surface area contributed by atoms with Crippen LogP contribution in [0.1, 0.15) is 59.8 Å². The van der Waals surface area contributed by atoms with Crippen LogP contribution in [0.15, 0.2) is 77.8 Å². The molecule has 1 aliphatic carbocycles. The average molecular weight is 555 g/mol. The van der Waals surface area contributed by atoms with E-state index >= 15 is 0 Å². The van der Waals surface area contributed by atoms with Gasteiger partial charge >= 0.3 is 5.97 Å². The van der Waals surface area contributed by atoms with Crippen molar-refractivity contribution in [3.63, 3.8) is 0 Å². The minimum atomic E-state index is -0.818. The van der Waals surface area contributed by atoms with Crippen LogP contribution in [0.4, 0.5) is 0 Å². The maximum atomic E-state index is 12.4. The van der Waals surface area contributed by atoms with Crippen LogP contribution in [0.5, 0.6) is 0 Å². The quantitative estimate of drug-likeness (QED) is 0.248. The third-order valence-electron chi connectivity index (χ3n) is 8.28. The number of carbonyl (C=O) groups is 1. The smallest absolute Gasteiger partial charge is 0.346 e. The van der Waals surface area contributed by atoms with E-state index in [1.165, 1.54) is 58.6 Å². The van der Waals surface area contributed by atoms with E-state index in [1.807, 2.05) is 24.4 Å². The van der Waals surface area contributed by atoms with Crippen molar-refractivity contribution in [1.29, 1.82) is 0 Å². The predicted molar refractivity (Wildman–Crippen MR) is 162 cm³/mol. The maximum absolute atomic E-state index is 12.4. The van der Waals surface area contributed by atoms with Gasteiger partial charge < -0.3 is 5.11 Å². The molecule has 0 saturated heterocycles. The lowest BCUT2D eigenvalue weighted by Crippen LogP contribution is -2.34. The second kappa shape index (κ2) is 11.6. The fraction of sp³-hybridized carbons (Fsp3) is 0.333. The molecule has 0 amide bonds. The molecule has 0 spiro atoms. The molecular formula is C33H34N2O2S2. The van der Waals surface area contributed by atoms with Gasteiger partial charge in [-0.2, -0.15) is 0 Å². The fourth-order valence-corrected chi connectivity index (χ4v) is 7.90. The molecule has 4 aromatic rings. The number of pyridine rings is 1. The van der Waals surface area contributed by atoms with Crippen LogP contribution in [0.3, 0.4) is 0 Å². The molecule has 2 aliphatic rings. The Morgan fingerprint density at radius 2 is 1.85 bits per heavy atom. The zero-order valence-corrected chi connectivity index (χ0v) is 23.9. The summed E-state index contributed by atoms with van der Waals surface area (Å²) >= 11 is 3.14. The molecule has 200 valence electrons. The molecule has 1 aliphatic heterocycles. The Bertz CT molecular complexity index is 1460. The monoisotopic (exact) mass is 554 g/mol. The van der Waals surface area contributed by atoms with Crippen LogP contribution in [-0.4, -0.2) is 34.0 Å². The number of carboxylic acid groups (broad SMARTS) is 1.